The molecule has 0 aliphatic carbocycles. The largest absolute Gasteiger partial charge is 0.492 e. The smallest absolute Gasteiger partial charge is 0.160 e. The molecule has 0 aliphatic heterocycles. The topological polar surface area (TPSA) is 39.2 Å². The SMILES string of the molecule is CCOc1ccc(C)nc1-c1ccc(C=O)s1. The van der Waals surface area contributed by atoms with Gasteiger partial charge in [-0.25, -0.2) is 4.98 Å². The number of aryl methyl sites for hydroxylation is 1. The molecule has 88 valence electrons. The van der Waals surface area contributed by atoms with Gasteiger partial charge in [0.15, 0.2) is 6.29 Å². The van der Waals surface area contributed by atoms with Crippen LogP contribution in [0, 0.1) is 6.92 Å². The number of aromatic nitrogens is 1. The van der Waals surface area contributed by atoms with E-state index in [1.54, 1.807) is 6.07 Å². The number of thiophene rings is 1. The quantitative estimate of drug-likeness (QED) is 0.778. The zero-order valence-corrected chi connectivity index (χ0v) is 10.6. The van der Waals surface area contributed by atoms with Crippen LogP contribution >= 0.6 is 11.3 Å². The first-order valence-electron chi connectivity index (χ1n) is 5.40. The number of hydrogen-bond donors (Lipinski definition) is 0. The Labute approximate surface area is 104 Å². The molecule has 0 saturated carbocycles. The fraction of sp³-hybridized carbons (Fsp3) is 0.231. The summed E-state index contributed by atoms with van der Waals surface area (Å²) in [5, 5.41) is 0. The molecule has 0 unspecified atom stereocenters. The van der Waals surface area contributed by atoms with E-state index >= 15 is 0 Å². The molecule has 2 aromatic rings. The predicted molar refractivity (Wildman–Crippen MR) is 68.8 cm³/mol. The minimum atomic E-state index is 0.601. The van der Waals surface area contributed by atoms with Crippen molar-refractivity contribution in [1.82, 2.24) is 4.98 Å². The van der Waals surface area contributed by atoms with Crippen LogP contribution < -0.4 is 4.74 Å². The van der Waals surface area contributed by atoms with Crippen LogP contribution in [0.25, 0.3) is 10.6 Å². The number of nitrogens with zero attached hydrogens (tertiary/aromatic N) is 1. The standard InChI is InChI=1S/C13H13NO2S/c1-3-16-11-6-4-9(2)14-13(11)12-7-5-10(8-15)17-12/h4-8H,3H2,1-2H3. The molecule has 2 aromatic heterocycles. The van der Waals surface area contributed by atoms with Gasteiger partial charge in [-0.3, -0.25) is 4.79 Å². The van der Waals surface area contributed by atoms with Gasteiger partial charge in [0.25, 0.3) is 0 Å². The summed E-state index contributed by atoms with van der Waals surface area (Å²) < 4.78 is 5.55. The molecule has 0 saturated heterocycles. The Hall–Kier alpha value is -1.68. The number of rotatable bonds is 4. The number of carbonyl (C=O) groups is 1. The van der Waals surface area contributed by atoms with Crippen LogP contribution in [0.4, 0.5) is 0 Å². The molecule has 0 N–H and O–H groups in total. The maximum absolute atomic E-state index is 10.7. The van der Waals surface area contributed by atoms with Gasteiger partial charge < -0.3 is 4.74 Å². The normalized spacial score (nSPS) is 10.2. The Morgan fingerprint density at radius 1 is 1.35 bits per heavy atom. The third kappa shape index (κ3) is 2.53. The monoisotopic (exact) mass is 247 g/mol. The fourth-order valence-electron chi connectivity index (χ4n) is 1.54. The van der Waals surface area contributed by atoms with Crippen molar-refractivity contribution in [3.05, 3.63) is 34.8 Å². The van der Waals surface area contributed by atoms with Gasteiger partial charge in [-0.15, -0.1) is 11.3 Å². The van der Waals surface area contributed by atoms with Gasteiger partial charge >= 0.3 is 0 Å². The van der Waals surface area contributed by atoms with Crippen molar-refractivity contribution in [1.29, 1.82) is 0 Å². The van der Waals surface area contributed by atoms with E-state index in [1.165, 1.54) is 11.3 Å². The van der Waals surface area contributed by atoms with E-state index in [2.05, 4.69) is 4.98 Å². The molecule has 0 spiro atoms. The lowest BCUT2D eigenvalue weighted by molar-refractivity contribution is 0.112. The van der Waals surface area contributed by atoms with Crippen LogP contribution in [0.1, 0.15) is 22.3 Å². The van der Waals surface area contributed by atoms with E-state index in [0.717, 1.165) is 28.3 Å². The highest BCUT2D eigenvalue weighted by Crippen LogP contribution is 2.33. The Kier molecular flexibility index (Phi) is 3.54. The first-order chi connectivity index (χ1) is 8.24. The number of ether oxygens (including phenoxy) is 1. The van der Waals surface area contributed by atoms with E-state index in [-0.39, 0.29) is 0 Å². The van der Waals surface area contributed by atoms with E-state index in [9.17, 15) is 4.79 Å². The maximum atomic E-state index is 10.7. The highest BCUT2D eigenvalue weighted by Gasteiger charge is 2.10. The summed E-state index contributed by atoms with van der Waals surface area (Å²) >= 11 is 1.42. The Morgan fingerprint density at radius 2 is 2.18 bits per heavy atom. The van der Waals surface area contributed by atoms with E-state index < -0.39 is 0 Å². The average Bonchev–Trinajstić information content (AvgIpc) is 2.80. The molecular weight excluding hydrogens is 234 g/mol. The average molecular weight is 247 g/mol. The first kappa shape index (κ1) is 11.8. The minimum absolute atomic E-state index is 0.601. The second-order valence-corrected chi connectivity index (χ2v) is 4.67. The van der Waals surface area contributed by atoms with Crippen molar-refractivity contribution in [3.63, 3.8) is 0 Å². The molecule has 0 aromatic carbocycles. The van der Waals surface area contributed by atoms with E-state index in [0.29, 0.717) is 11.5 Å². The highest BCUT2D eigenvalue weighted by molar-refractivity contribution is 7.17. The van der Waals surface area contributed by atoms with Crippen LogP contribution in [0.5, 0.6) is 5.75 Å². The summed E-state index contributed by atoms with van der Waals surface area (Å²) in [4.78, 5) is 16.8. The fourth-order valence-corrected chi connectivity index (χ4v) is 2.35. The molecule has 17 heavy (non-hydrogen) atoms. The van der Waals surface area contributed by atoms with Crippen LogP contribution in [0.2, 0.25) is 0 Å². The Morgan fingerprint density at radius 3 is 2.82 bits per heavy atom. The molecule has 0 amide bonds. The number of pyridine rings is 1. The summed E-state index contributed by atoms with van der Waals surface area (Å²) in [6.07, 6.45) is 0.852. The minimum Gasteiger partial charge on any atom is -0.492 e. The van der Waals surface area contributed by atoms with Crippen LogP contribution in [-0.2, 0) is 0 Å². The van der Waals surface area contributed by atoms with Gasteiger partial charge in [0.2, 0.25) is 0 Å². The number of hydrogen-bond acceptors (Lipinski definition) is 4. The summed E-state index contributed by atoms with van der Waals surface area (Å²) in [6, 6.07) is 7.54. The third-order valence-corrected chi connectivity index (χ3v) is 3.29. The van der Waals surface area contributed by atoms with E-state index in [4.69, 9.17) is 4.74 Å². The number of aldehydes is 1. The molecule has 0 atom stereocenters. The summed E-state index contributed by atoms with van der Waals surface area (Å²) in [5.41, 5.74) is 1.74. The summed E-state index contributed by atoms with van der Waals surface area (Å²) in [7, 11) is 0. The van der Waals surface area contributed by atoms with Crippen LogP contribution in [0.3, 0.4) is 0 Å². The second-order valence-electron chi connectivity index (χ2n) is 3.55. The Bertz CT molecular complexity index is 534. The van der Waals surface area contributed by atoms with E-state index in [1.807, 2.05) is 32.0 Å². The van der Waals surface area contributed by atoms with Gasteiger partial charge in [0.1, 0.15) is 11.4 Å². The predicted octanol–water partition coefficient (Wildman–Crippen LogP) is 3.33. The molecule has 0 aliphatic rings. The first-order valence-corrected chi connectivity index (χ1v) is 6.22. The summed E-state index contributed by atoms with van der Waals surface area (Å²) in [6.45, 7) is 4.48. The molecule has 0 radical (unpaired) electrons. The molecule has 4 heteroatoms. The van der Waals surface area contributed by atoms with Crippen molar-refractivity contribution in [2.75, 3.05) is 6.61 Å². The van der Waals surface area contributed by atoms with Crippen molar-refractivity contribution >= 4 is 17.6 Å². The molecule has 0 bridgehead atoms. The molecule has 2 heterocycles. The number of carbonyl (C=O) groups excluding carboxylic acids is 1. The Balaban J connectivity index is 2.48. The maximum Gasteiger partial charge on any atom is 0.160 e. The lowest BCUT2D eigenvalue weighted by Crippen LogP contribution is -1.96. The third-order valence-electron chi connectivity index (χ3n) is 2.27. The van der Waals surface area contributed by atoms with Crippen molar-refractivity contribution in [2.45, 2.75) is 13.8 Å². The molecule has 0 fully saturated rings. The van der Waals surface area contributed by atoms with Crippen molar-refractivity contribution in [2.24, 2.45) is 0 Å². The van der Waals surface area contributed by atoms with Gasteiger partial charge in [0, 0.05) is 5.69 Å². The van der Waals surface area contributed by atoms with Gasteiger partial charge in [-0.05, 0) is 38.1 Å². The zero-order chi connectivity index (χ0) is 12.3. The lowest BCUT2D eigenvalue weighted by atomic mass is 10.2. The molecule has 2 rings (SSSR count). The highest BCUT2D eigenvalue weighted by atomic mass is 32.1. The van der Waals surface area contributed by atoms with Crippen LogP contribution in [0.15, 0.2) is 24.3 Å². The molecule has 3 nitrogen and oxygen atoms in total. The molecular formula is C13H13NO2S. The lowest BCUT2D eigenvalue weighted by Gasteiger charge is -2.08. The van der Waals surface area contributed by atoms with Crippen molar-refractivity contribution < 1.29 is 9.53 Å². The second kappa shape index (κ2) is 5.10. The van der Waals surface area contributed by atoms with Gasteiger partial charge in [0.05, 0.1) is 16.4 Å². The van der Waals surface area contributed by atoms with Crippen molar-refractivity contribution in [3.8, 4) is 16.3 Å². The zero-order valence-electron chi connectivity index (χ0n) is 9.77. The summed E-state index contributed by atoms with van der Waals surface area (Å²) in [5.74, 6) is 0.761. The van der Waals surface area contributed by atoms with Crippen LogP contribution in [-0.4, -0.2) is 17.9 Å². The van der Waals surface area contributed by atoms with Gasteiger partial charge in [-0.1, -0.05) is 0 Å². The van der Waals surface area contributed by atoms with Gasteiger partial charge in [-0.2, -0.15) is 0 Å².